The molecule has 0 saturated carbocycles. The van der Waals surface area contributed by atoms with Crippen LogP contribution in [0.15, 0.2) is 36.7 Å². The zero-order valence-corrected chi connectivity index (χ0v) is 8.31. The first-order valence-electron chi connectivity index (χ1n) is 4.06. The topological polar surface area (TPSA) is 56.7 Å². The Morgan fingerprint density at radius 2 is 1.93 bits per heavy atom. The SMILES string of the molecule is Cl.NCc1ncnn1-c1ccccc1. The lowest BCUT2D eigenvalue weighted by Gasteiger charge is -2.02. The van der Waals surface area contributed by atoms with E-state index in [1.807, 2.05) is 30.3 Å². The highest BCUT2D eigenvalue weighted by Gasteiger charge is 2.02. The summed E-state index contributed by atoms with van der Waals surface area (Å²) in [7, 11) is 0. The molecule has 0 atom stereocenters. The number of halogens is 1. The molecule has 0 aliphatic carbocycles. The maximum absolute atomic E-state index is 5.51. The van der Waals surface area contributed by atoms with E-state index >= 15 is 0 Å². The van der Waals surface area contributed by atoms with Crippen molar-refractivity contribution in [2.45, 2.75) is 6.54 Å². The van der Waals surface area contributed by atoms with Gasteiger partial charge in [0.25, 0.3) is 0 Å². The van der Waals surface area contributed by atoms with E-state index < -0.39 is 0 Å². The number of nitrogens with two attached hydrogens (primary N) is 1. The zero-order valence-electron chi connectivity index (χ0n) is 7.50. The molecular weight excluding hydrogens is 200 g/mol. The third-order valence-electron chi connectivity index (χ3n) is 1.80. The average Bonchev–Trinajstić information content (AvgIpc) is 2.67. The lowest BCUT2D eigenvalue weighted by molar-refractivity contribution is 0.790. The van der Waals surface area contributed by atoms with Gasteiger partial charge < -0.3 is 5.73 Å². The van der Waals surface area contributed by atoms with Gasteiger partial charge in [-0.1, -0.05) is 18.2 Å². The molecule has 1 aromatic carbocycles. The molecule has 0 spiro atoms. The molecule has 0 bridgehead atoms. The van der Waals surface area contributed by atoms with E-state index in [9.17, 15) is 0 Å². The van der Waals surface area contributed by atoms with Crippen LogP contribution in [0.2, 0.25) is 0 Å². The largest absolute Gasteiger partial charge is 0.324 e. The number of nitrogens with zero attached hydrogens (tertiary/aromatic N) is 3. The normalized spacial score (nSPS) is 9.50. The second-order valence-electron chi connectivity index (χ2n) is 2.63. The molecule has 2 rings (SSSR count). The first-order chi connectivity index (χ1) is 6.42. The predicted molar refractivity (Wildman–Crippen MR) is 56.5 cm³/mol. The number of hydrogen-bond donors (Lipinski definition) is 1. The monoisotopic (exact) mass is 210 g/mol. The Morgan fingerprint density at radius 3 is 2.57 bits per heavy atom. The van der Waals surface area contributed by atoms with Gasteiger partial charge in [-0.05, 0) is 12.1 Å². The van der Waals surface area contributed by atoms with Crippen molar-refractivity contribution in [2.24, 2.45) is 5.73 Å². The summed E-state index contributed by atoms with van der Waals surface area (Å²) < 4.78 is 1.74. The van der Waals surface area contributed by atoms with Crippen molar-refractivity contribution in [2.75, 3.05) is 0 Å². The predicted octanol–water partition coefficient (Wildman–Crippen LogP) is 1.15. The van der Waals surface area contributed by atoms with Crippen LogP contribution in [0.5, 0.6) is 0 Å². The lowest BCUT2D eigenvalue weighted by atomic mass is 10.3. The van der Waals surface area contributed by atoms with Crippen LogP contribution in [0.4, 0.5) is 0 Å². The lowest BCUT2D eigenvalue weighted by Crippen LogP contribution is -2.07. The summed E-state index contributed by atoms with van der Waals surface area (Å²) in [6, 6.07) is 9.80. The summed E-state index contributed by atoms with van der Waals surface area (Å²) >= 11 is 0. The van der Waals surface area contributed by atoms with E-state index in [0.29, 0.717) is 6.54 Å². The third kappa shape index (κ3) is 1.92. The fraction of sp³-hybridized carbons (Fsp3) is 0.111. The van der Waals surface area contributed by atoms with Crippen LogP contribution in [-0.4, -0.2) is 14.8 Å². The van der Waals surface area contributed by atoms with Crippen molar-refractivity contribution in [3.63, 3.8) is 0 Å². The summed E-state index contributed by atoms with van der Waals surface area (Å²) in [5.41, 5.74) is 6.50. The van der Waals surface area contributed by atoms with Crippen molar-refractivity contribution in [3.05, 3.63) is 42.5 Å². The molecule has 14 heavy (non-hydrogen) atoms. The van der Waals surface area contributed by atoms with Crippen LogP contribution >= 0.6 is 12.4 Å². The van der Waals surface area contributed by atoms with E-state index in [-0.39, 0.29) is 12.4 Å². The molecular formula is C9H11ClN4. The van der Waals surface area contributed by atoms with Crippen molar-refractivity contribution in [1.29, 1.82) is 0 Å². The highest BCUT2D eigenvalue weighted by Crippen LogP contribution is 2.06. The Morgan fingerprint density at radius 1 is 1.21 bits per heavy atom. The van der Waals surface area contributed by atoms with Gasteiger partial charge in [0.05, 0.1) is 12.2 Å². The molecule has 74 valence electrons. The summed E-state index contributed by atoms with van der Waals surface area (Å²) in [6.07, 6.45) is 1.51. The fourth-order valence-electron chi connectivity index (χ4n) is 1.19. The third-order valence-corrected chi connectivity index (χ3v) is 1.80. The van der Waals surface area contributed by atoms with E-state index in [2.05, 4.69) is 10.1 Å². The smallest absolute Gasteiger partial charge is 0.145 e. The molecule has 0 amide bonds. The summed E-state index contributed by atoms with van der Waals surface area (Å²) in [4.78, 5) is 4.04. The minimum atomic E-state index is 0. The second-order valence-corrected chi connectivity index (χ2v) is 2.63. The molecule has 2 aromatic rings. The Bertz CT molecular complexity index is 385. The molecule has 2 N–H and O–H groups in total. The van der Waals surface area contributed by atoms with Gasteiger partial charge in [-0.25, -0.2) is 9.67 Å². The molecule has 4 nitrogen and oxygen atoms in total. The van der Waals surface area contributed by atoms with Crippen LogP contribution < -0.4 is 5.73 Å². The molecule has 0 saturated heterocycles. The van der Waals surface area contributed by atoms with Crippen molar-refractivity contribution in [3.8, 4) is 5.69 Å². The van der Waals surface area contributed by atoms with Crippen molar-refractivity contribution >= 4 is 12.4 Å². The first kappa shape index (κ1) is 10.7. The zero-order chi connectivity index (χ0) is 9.10. The van der Waals surface area contributed by atoms with Gasteiger partial charge in [-0.15, -0.1) is 12.4 Å². The van der Waals surface area contributed by atoms with Gasteiger partial charge in [0.2, 0.25) is 0 Å². The summed E-state index contributed by atoms with van der Waals surface area (Å²) in [5.74, 6) is 0.770. The Labute approximate surface area is 88.2 Å². The molecule has 0 aliphatic rings. The van der Waals surface area contributed by atoms with E-state index in [4.69, 9.17) is 5.73 Å². The minimum absolute atomic E-state index is 0. The first-order valence-corrected chi connectivity index (χ1v) is 4.06. The second kappa shape index (κ2) is 4.74. The molecule has 0 aliphatic heterocycles. The summed E-state index contributed by atoms with van der Waals surface area (Å²) in [6.45, 7) is 0.398. The standard InChI is InChI=1S/C9H10N4.ClH/c10-6-9-11-7-12-13(9)8-4-2-1-3-5-8;/h1-5,7H,6,10H2;1H. The van der Waals surface area contributed by atoms with Crippen molar-refractivity contribution in [1.82, 2.24) is 14.8 Å². The molecule has 1 aromatic heterocycles. The van der Waals surface area contributed by atoms with Gasteiger partial charge in [0.15, 0.2) is 0 Å². The maximum Gasteiger partial charge on any atom is 0.145 e. The molecule has 0 fully saturated rings. The number of para-hydroxylation sites is 1. The van der Waals surface area contributed by atoms with Crippen LogP contribution in [0.1, 0.15) is 5.82 Å². The van der Waals surface area contributed by atoms with Gasteiger partial charge in [0.1, 0.15) is 12.2 Å². The molecule has 0 unspecified atom stereocenters. The Balaban J connectivity index is 0.000000980. The highest BCUT2D eigenvalue weighted by atomic mass is 35.5. The Kier molecular flexibility index (Phi) is 3.62. The number of aromatic nitrogens is 3. The van der Waals surface area contributed by atoms with Crippen molar-refractivity contribution < 1.29 is 0 Å². The van der Waals surface area contributed by atoms with Crippen LogP contribution in [0.3, 0.4) is 0 Å². The Hall–Kier alpha value is -1.39. The molecule has 5 heteroatoms. The average molecular weight is 211 g/mol. The van der Waals surface area contributed by atoms with E-state index in [0.717, 1.165) is 11.5 Å². The van der Waals surface area contributed by atoms with E-state index in [1.54, 1.807) is 4.68 Å². The van der Waals surface area contributed by atoms with Gasteiger partial charge >= 0.3 is 0 Å². The highest BCUT2D eigenvalue weighted by molar-refractivity contribution is 5.85. The number of rotatable bonds is 2. The fourth-order valence-corrected chi connectivity index (χ4v) is 1.19. The number of benzene rings is 1. The van der Waals surface area contributed by atoms with Gasteiger partial charge in [-0.3, -0.25) is 0 Å². The van der Waals surface area contributed by atoms with Crippen LogP contribution in [-0.2, 0) is 6.54 Å². The summed E-state index contributed by atoms with van der Waals surface area (Å²) in [5, 5.41) is 4.08. The molecule has 0 radical (unpaired) electrons. The minimum Gasteiger partial charge on any atom is -0.324 e. The maximum atomic E-state index is 5.51. The molecule has 1 heterocycles. The van der Waals surface area contributed by atoms with Gasteiger partial charge in [-0.2, -0.15) is 5.10 Å². The van der Waals surface area contributed by atoms with Crippen LogP contribution in [0, 0.1) is 0 Å². The number of hydrogen-bond acceptors (Lipinski definition) is 3. The van der Waals surface area contributed by atoms with Gasteiger partial charge in [0, 0.05) is 0 Å². The van der Waals surface area contributed by atoms with Crippen LogP contribution in [0.25, 0.3) is 5.69 Å². The quantitative estimate of drug-likeness (QED) is 0.809. The van der Waals surface area contributed by atoms with E-state index in [1.165, 1.54) is 6.33 Å².